The average molecular weight is 272 g/mol. The number of amides is 1. The molecule has 0 aromatic heterocycles. The van der Waals surface area contributed by atoms with Crippen LogP contribution in [0.3, 0.4) is 0 Å². The Bertz CT molecular complexity index is 422. The maximum absolute atomic E-state index is 11.6. The van der Waals surface area contributed by atoms with Gasteiger partial charge < -0.3 is 10.2 Å². The molecule has 1 saturated heterocycles. The highest BCUT2D eigenvalue weighted by atomic mass is 16.1. The lowest BCUT2D eigenvalue weighted by atomic mass is 10.2. The summed E-state index contributed by atoms with van der Waals surface area (Å²) >= 11 is 0. The van der Waals surface area contributed by atoms with Crippen LogP contribution in [0.2, 0.25) is 0 Å². The van der Waals surface area contributed by atoms with E-state index in [4.69, 9.17) is 0 Å². The highest BCUT2D eigenvalue weighted by Gasteiger charge is 2.09. The number of nitrogens with one attached hydrogen (secondary N) is 1. The minimum atomic E-state index is -0.00461. The number of unbranched alkanes of at least 4 members (excludes halogenated alkanes) is 1. The van der Waals surface area contributed by atoms with Gasteiger partial charge in [-0.2, -0.15) is 0 Å². The number of nitrogens with zero attached hydrogens (tertiary/aromatic N) is 1. The van der Waals surface area contributed by atoms with Gasteiger partial charge in [0.2, 0.25) is 5.91 Å². The maximum Gasteiger partial charge on any atom is 0.243 e. The molecule has 1 aromatic carbocycles. The third-order valence-electron chi connectivity index (χ3n) is 3.63. The first-order chi connectivity index (χ1) is 9.84. The van der Waals surface area contributed by atoms with Gasteiger partial charge in [0, 0.05) is 12.6 Å². The Hall–Kier alpha value is -1.61. The second-order valence-corrected chi connectivity index (χ2v) is 5.29. The van der Waals surface area contributed by atoms with E-state index in [1.54, 1.807) is 6.08 Å². The van der Waals surface area contributed by atoms with E-state index in [0.717, 1.165) is 18.5 Å². The fraction of sp³-hybridized carbons (Fsp3) is 0.471. The van der Waals surface area contributed by atoms with Crippen molar-refractivity contribution in [1.29, 1.82) is 0 Å². The summed E-state index contributed by atoms with van der Waals surface area (Å²) in [6, 6.07) is 9.88. The van der Waals surface area contributed by atoms with Gasteiger partial charge in [0.25, 0.3) is 0 Å². The smallest absolute Gasteiger partial charge is 0.243 e. The Morgan fingerprint density at radius 2 is 1.90 bits per heavy atom. The van der Waals surface area contributed by atoms with Crippen LogP contribution in [-0.2, 0) is 4.79 Å². The van der Waals surface area contributed by atoms with Crippen LogP contribution in [0.15, 0.2) is 36.4 Å². The summed E-state index contributed by atoms with van der Waals surface area (Å²) < 4.78 is 0. The molecule has 0 spiro atoms. The third kappa shape index (κ3) is 5.57. The Kier molecular flexibility index (Phi) is 6.32. The summed E-state index contributed by atoms with van der Waals surface area (Å²) in [6.45, 7) is 4.46. The molecule has 0 saturated carbocycles. The molecule has 3 nitrogen and oxygen atoms in total. The minimum absolute atomic E-state index is 0.00461. The lowest BCUT2D eigenvalue weighted by Crippen LogP contribution is -2.24. The standard InChI is InChI=1S/C17H24N2O/c20-17(11-10-16-8-2-1-3-9-16)18-12-4-5-13-19-14-6-7-15-19/h1-3,8-11H,4-7,12-15H2,(H,18,20)/b11-10+. The van der Waals surface area contributed by atoms with Crippen LogP contribution in [0.25, 0.3) is 6.08 Å². The molecule has 1 fully saturated rings. The van der Waals surface area contributed by atoms with Crippen molar-refractivity contribution in [3.8, 4) is 0 Å². The van der Waals surface area contributed by atoms with Gasteiger partial charge in [0.1, 0.15) is 0 Å². The fourth-order valence-corrected chi connectivity index (χ4v) is 2.47. The van der Waals surface area contributed by atoms with Crippen LogP contribution >= 0.6 is 0 Å². The molecule has 108 valence electrons. The molecule has 1 aromatic rings. The molecule has 1 amide bonds. The summed E-state index contributed by atoms with van der Waals surface area (Å²) in [6.07, 6.45) is 8.38. The van der Waals surface area contributed by atoms with Crippen LogP contribution < -0.4 is 5.32 Å². The molecule has 0 unspecified atom stereocenters. The zero-order chi connectivity index (χ0) is 14.0. The second-order valence-electron chi connectivity index (χ2n) is 5.29. The van der Waals surface area contributed by atoms with Gasteiger partial charge in [-0.05, 0) is 57.0 Å². The Balaban J connectivity index is 1.55. The number of carbonyl (C=O) groups excluding carboxylic acids is 1. The van der Waals surface area contributed by atoms with Crippen LogP contribution in [0.4, 0.5) is 0 Å². The van der Waals surface area contributed by atoms with Gasteiger partial charge in [0.05, 0.1) is 0 Å². The zero-order valence-corrected chi connectivity index (χ0v) is 12.1. The number of rotatable bonds is 7. The summed E-state index contributed by atoms with van der Waals surface area (Å²) in [4.78, 5) is 14.1. The molecule has 1 aliphatic rings. The predicted molar refractivity (Wildman–Crippen MR) is 83.4 cm³/mol. The summed E-state index contributed by atoms with van der Waals surface area (Å²) in [7, 11) is 0. The van der Waals surface area contributed by atoms with Crippen molar-refractivity contribution in [2.45, 2.75) is 25.7 Å². The van der Waals surface area contributed by atoms with Gasteiger partial charge in [-0.25, -0.2) is 0 Å². The van der Waals surface area contributed by atoms with E-state index in [9.17, 15) is 4.79 Å². The first-order valence-electron chi connectivity index (χ1n) is 7.58. The molecule has 2 rings (SSSR count). The van der Waals surface area contributed by atoms with E-state index in [0.29, 0.717) is 0 Å². The molecular formula is C17H24N2O. The lowest BCUT2D eigenvalue weighted by Gasteiger charge is -2.13. The van der Waals surface area contributed by atoms with E-state index < -0.39 is 0 Å². The fourth-order valence-electron chi connectivity index (χ4n) is 2.47. The van der Waals surface area contributed by atoms with Crippen molar-refractivity contribution >= 4 is 12.0 Å². The molecule has 0 radical (unpaired) electrons. The molecule has 3 heteroatoms. The van der Waals surface area contributed by atoms with Crippen LogP contribution in [0, 0.1) is 0 Å². The Morgan fingerprint density at radius 1 is 1.15 bits per heavy atom. The quantitative estimate of drug-likeness (QED) is 0.611. The second kappa shape index (κ2) is 8.54. The summed E-state index contributed by atoms with van der Waals surface area (Å²) in [5.74, 6) is -0.00461. The van der Waals surface area contributed by atoms with Gasteiger partial charge >= 0.3 is 0 Å². The number of carbonyl (C=O) groups is 1. The first-order valence-corrected chi connectivity index (χ1v) is 7.58. The number of hydrogen-bond donors (Lipinski definition) is 1. The largest absolute Gasteiger partial charge is 0.353 e. The third-order valence-corrected chi connectivity index (χ3v) is 3.63. The number of hydrogen-bond acceptors (Lipinski definition) is 2. The average Bonchev–Trinajstić information content (AvgIpc) is 2.99. The lowest BCUT2D eigenvalue weighted by molar-refractivity contribution is -0.116. The van der Waals surface area contributed by atoms with Crippen molar-refractivity contribution in [1.82, 2.24) is 10.2 Å². The highest BCUT2D eigenvalue weighted by Crippen LogP contribution is 2.07. The van der Waals surface area contributed by atoms with Crippen LogP contribution in [-0.4, -0.2) is 37.0 Å². The van der Waals surface area contributed by atoms with Crippen molar-refractivity contribution in [3.05, 3.63) is 42.0 Å². The van der Waals surface area contributed by atoms with Crippen molar-refractivity contribution < 1.29 is 4.79 Å². The normalized spacial score (nSPS) is 15.8. The van der Waals surface area contributed by atoms with Crippen molar-refractivity contribution in [2.24, 2.45) is 0 Å². The molecule has 1 N–H and O–H groups in total. The van der Waals surface area contributed by atoms with Crippen LogP contribution in [0.1, 0.15) is 31.2 Å². The highest BCUT2D eigenvalue weighted by molar-refractivity contribution is 5.91. The molecule has 1 heterocycles. The van der Waals surface area contributed by atoms with Gasteiger partial charge in [-0.3, -0.25) is 4.79 Å². The Morgan fingerprint density at radius 3 is 2.65 bits per heavy atom. The molecule has 0 aliphatic carbocycles. The maximum atomic E-state index is 11.6. The van der Waals surface area contributed by atoms with Crippen molar-refractivity contribution in [3.63, 3.8) is 0 Å². The number of benzene rings is 1. The zero-order valence-electron chi connectivity index (χ0n) is 12.1. The summed E-state index contributed by atoms with van der Waals surface area (Å²) in [5.41, 5.74) is 1.05. The van der Waals surface area contributed by atoms with E-state index in [-0.39, 0.29) is 5.91 Å². The van der Waals surface area contributed by atoms with Gasteiger partial charge in [-0.15, -0.1) is 0 Å². The SMILES string of the molecule is O=C(/C=C/c1ccccc1)NCCCCN1CCCC1. The van der Waals surface area contributed by atoms with E-state index in [1.165, 1.54) is 38.9 Å². The van der Waals surface area contributed by atoms with E-state index >= 15 is 0 Å². The van der Waals surface area contributed by atoms with Crippen molar-refractivity contribution in [2.75, 3.05) is 26.2 Å². The molecule has 0 bridgehead atoms. The first kappa shape index (κ1) is 14.8. The molecule has 20 heavy (non-hydrogen) atoms. The van der Waals surface area contributed by atoms with Gasteiger partial charge in [-0.1, -0.05) is 30.3 Å². The predicted octanol–water partition coefficient (Wildman–Crippen LogP) is 2.69. The minimum Gasteiger partial charge on any atom is -0.353 e. The van der Waals surface area contributed by atoms with E-state index in [1.807, 2.05) is 36.4 Å². The molecule has 1 aliphatic heterocycles. The summed E-state index contributed by atoms with van der Waals surface area (Å²) in [5, 5.41) is 2.93. The molecule has 0 atom stereocenters. The van der Waals surface area contributed by atoms with E-state index in [2.05, 4.69) is 10.2 Å². The van der Waals surface area contributed by atoms with Gasteiger partial charge in [0.15, 0.2) is 0 Å². The number of likely N-dealkylation sites (tertiary alicyclic amines) is 1. The topological polar surface area (TPSA) is 32.3 Å². The van der Waals surface area contributed by atoms with Crippen LogP contribution in [0.5, 0.6) is 0 Å². The Labute approximate surface area is 121 Å². The molecular weight excluding hydrogens is 248 g/mol. The monoisotopic (exact) mass is 272 g/mol.